The number of ether oxygens (including phenoxy) is 1. The van der Waals surface area contributed by atoms with Gasteiger partial charge in [0.2, 0.25) is 0 Å². The number of piperidine rings is 1. The lowest BCUT2D eigenvalue weighted by molar-refractivity contribution is -0.136. The molecule has 1 amide bonds. The molecule has 2 rings (SSSR count). The molecule has 0 saturated carbocycles. The number of carbonyl (C=O) groups is 1. The summed E-state index contributed by atoms with van der Waals surface area (Å²) >= 11 is 0. The Kier molecular flexibility index (Phi) is 6.36. The molecular weight excluding hydrogens is 299 g/mol. The van der Waals surface area contributed by atoms with Crippen molar-refractivity contribution in [3.63, 3.8) is 0 Å². The van der Waals surface area contributed by atoms with Gasteiger partial charge in [-0.3, -0.25) is 4.79 Å². The Hall–Kier alpha value is -1.66. The van der Waals surface area contributed by atoms with Crippen molar-refractivity contribution in [2.45, 2.75) is 6.42 Å². The minimum atomic E-state index is -0.390. The van der Waals surface area contributed by atoms with Crippen molar-refractivity contribution >= 4 is 5.91 Å². The van der Waals surface area contributed by atoms with E-state index in [9.17, 15) is 14.3 Å². The molecule has 0 radical (unpaired) electrons. The third-order valence-electron chi connectivity index (χ3n) is 4.02. The van der Waals surface area contributed by atoms with E-state index in [0.717, 1.165) is 13.0 Å². The Bertz CT molecular complexity index is 524. The highest BCUT2D eigenvalue weighted by molar-refractivity contribution is 5.77. The normalized spacial score (nSPS) is 21.5. The average Bonchev–Trinajstić information content (AvgIpc) is 2.51. The smallest absolute Gasteiger partial charge is 0.260 e. The van der Waals surface area contributed by atoms with Crippen LogP contribution in [0.5, 0.6) is 5.75 Å². The van der Waals surface area contributed by atoms with E-state index in [4.69, 9.17) is 4.74 Å². The summed E-state index contributed by atoms with van der Waals surface area (Å²) in [6.07, 6.45) is 0.920. The Morgan fingerprint density at radius 1 is 1.39 bits per heavy atom. The van der Waals surface area contributed by atoms with Crippen LogP contribution in [0, 0.1) is 17.7 Å². The first-order chi connectivity index (χ1) is 11.0. The van der Waals surface area contributed by atoms with Crippen LogP contribution in [0.4, 0.5) is 4.39 Å². The second kappa shape index (κ2) is 8.26. The van der Waals surface area contributed by atoms with E-state index >= 15 is 0 Å². The SMILES string of the molecule is CN(C)C[C@H]1C[C@H](CO)CN(C(=O)COc2cccc(F)c2)C1. The van der Waals surface area contributed by atoms with Crippen LogP contribution >= 0.6 is 0 Å². The van der Waals surface area contributed by atoms with Gasteiger partial charge in [0.05, 0.1) is 0 Å². The number of aliphatic hydroxyl groups is 1. The molecule has 6 heteroatoms. The zero-order valence-electron chi connectivity index (χ0n) is 13.7. The second-order valence-corrected chi connectivity index (χ2v) is 6.46. The molecule has 1 saturated heterocycles. The molecule has 1 aliphatic rings. The number of hydrogen-bond acceptors (Lipinski definition) is 4. The summed E-state index contributed by atoms with van der Waals surface area (Å²) in [7, 11) is 4.00. The molecule has 1 fully saturated rings. The molecule has 0 unspecified atom stereocenters. The van der Waals surface area contributed by atoms with Crippen LogP contribution in [0.25, 0.3) is 0 Å². The number of amides is 1. The maximum absolute atomic E-state index is 13.1. The quantitative estimate of drug-likeness (QED) is 0.855. The lowest BCUT2D eigenvalue weighted by Gasteiger charge is -2.38. The highest BCUT2D eigenvalue weighted by Crippen LogP contribution is 2.22. The molecular formula is C17H25FN2O3. The summed E-state index contributed by atoms with van der Waals surface area (Å²) in [6.45, 7) is 2.06. The molecule has 0 bridgehead atoms. The van der Waals surface area contributed by atoms with Crippen molar-refractivity contribution in [1.29, 1.82) is 0 Å². The molecule has 1 N–H and O–H groups in total. The van der Waals surface area contributed by atoms with Crippen LogP contribution in [0.15, 0.2) is 24.3 Å². The lowest BCUT2D eigenvalue weighted by atomic mass is 9.89. The Morgan fingerprint density at radius 2 is 2.13 bits per heavy atom. The van der Waals surface area contributed by atoms with Crippen LogP contribution in [-0.4, -0.2) is 67.8 Å². The van der Waals surface area contributed by atoms with E-state index < -0.39 is 0 Å². The van der Waals surface area contributed by atoms with Crippen LogP contribution in [0.1, 0.15) is 6.42 Å². The number of benzene rings is 1. The van der Waals surface area contributed by atoms with E-state index in [1.54, 1.807) is 17.0 Å². The number of carbonyl (C=O) groups excluding carboxylic acids is 1. The third-order valence-corrected chi connectivity index (χ3v) is 4.02. The van der Waals surface area contributed by atoms with E-state index in [-0.39, 0.29) is 30.9 Å². The fourth-order valence-electron chi connectivity index (χ4n) is 3.10. The summed E-state index contributed by atoms with van der Waals surface area (Å²) in [5.74, 6) is 0.273. The van der Waals surface area contributed by atoms with Gasteiger partial charge in [0, 0.05) is 32.3 Å². The summed E-state index contributed by atoms with van der Waals surface area (Å²) in [6, 6.07) is 5.76. The van der Waals surface area contributed by atoms with Gasteiger partial charge in [-0.05, 0) is 44.5 Å². The lowest BCUT2D eigenvalue weighted by Crippen LogP contribution is -2.48. The number of nitrogens with zero attached hydrogens (tertiary/aromatic N) is 2. The highest BCUT2D eigenvalue weighted by Gasteiger charge is 2.30. The van der Waals surface area contributed by atoms with Gasteiger partial charge in [-0.25, -0.2) is 4.39 Å². The predicted octanol–water partition coefficient (Wildman–Crippen LogP) is 1.22. The molecule has 128 valence electrons. The average molecular weight is 324 g/mol. The zero-order chi connectivity index (χ0) is 16.8. The Balaban J connectivity index is 1.91. The van der Waals surface area contributed by atoms with Gasteiger partial charge >= 0.3 is 0 Å². The minimum Gasteiger partial charge on any atom is -0.484 e. The molecule has 1 aromatic rings. The number of aliphatic hydroxyl groups excluding tert-OH is 1. The van der Waals surface area contributed by atoms with Gasteiger partial charge in [0.1, 0.15) is 11.6 Å². The van der Waals surface area contributed by atoms with Gasteiger partial charge in [0.15, 0.2) is 6.61 Å². The number of rotatable bonds is 6. The number of hydrogen-bond donors (Lipinski definition) is 1. The monoisotopic (exact) mass is 324 g/mol. The molecule has 1 aliphatic heterocycles. The maximum Gasteiger partial charge on any atom is 0.260 e. The van der Waals surface area contributed by atoms with E-state index in [1.165, 1.54) is 12.1 Å². The van der Waals surface area contributed by atoms with E-state index in [1.807, 2.05) is 14.1 Å². The fourth-order valence-corrected chi connectivity index (χ4v) is 3.10. The molecule has 5 nitrogen and oxygen atoms in total. The highest BCUT2D eigenvalue weighted by atomic mass is 19.1. The predicted molar refractivity (Wildman–Crippen MR) is 85.7 cm³/mol. The van der Waals surface area contributed by atoms with Gasteiger partial charge in [-0.1, -0.05) is 6.07 Å². The Labute approximate surface area is 136 Å². The van der Waals surface area contributed by atoms with Gasteiger partial charge in [-0.2, -0.15) is 0 Å². The molecule has 23 heavy (non-hydrogen) atoms. The first-order valence-corrected chi connectivity index (χ1v) is 7.89. The van der Waals surface area contributed by atoms with E-state index in [2.05, 4.69) is 4.90 Å². The van der Waals surface area contributed by atoms with Crippen molar-refractivity contribution in [2.75, 3.05) is 46.9 Å². The maximum atomic E-state index is 13.1. The van der Waals surface area contributed by atoms with Crippen LogP contribution in [-0.2, 0) is 4.79 Å². The van der Waals surface area contributed by atoms with Crippen molar-refractivity contribution in [3.8, 4) is 5.75 Å². The fraction of sp³-hybridized carbons (Fsp3) is 0.588. The summed E-state index contributed by atoms with van der Waals surface area (Å²) in [4.78, 5) is 16.2. The molecule has 0 aliphatic carbocycles. The van der Waals surface area contributed by atoms with Gasteiger partial charge in [0.25, 0.3) is 5.91 Å². The van der Waals surface area contributed by atoms with Crippen LogP contribution < -0.4 is 4.74 Å². The van der Waals surface area contributed by atoms with Gasteiger partial charge in [-0.15, -0.1) is 0 Å². The standard InChI is InChI=1S/C17H25FN2O3/c1-19(2)8-13-6-14(11-21)10-20(9-13)17(22)12-23-16-5-3-4-15(18)7-16/h3-5,7,13-14,21H,6,8-12H2,1-2H3/t13-,14+/m1/s1. The molecule has 1 aromatic carbocycles. The number of halogens is 1. The Morgan fingerprint density at radius 3 is 2.78 bits per heavy atom. The van der Waals surface area contributed by atoms with Crippen LogP contribution in [0.3, 0.4) is 0 Å². The summed E-state index contributed by atoms with van der Waals surface area (Å²) in [5, 5.41) is 9.46. The molecule has 0 aromatic heterocycles. The van der Waals surface area contributed by atoms with Crippen molar-refractivity contribution in [1.82, 2.24) is 9.80 Å². The largest absolute Gasteiger partial charge is 0.484 e. The minimum absolute atomic E-state index is 0.0818. The zero-order valence-corrected chi connectivity index (χ0v) is 13.7. The molecule has 1 heterocycles. The van der Waals surface area contributed by atoms with Crippen molar-refractivity contribution < 1.29 is 19.0 Å². The number of likely N-dealkylation sites (tertiary alicyclic amines) is 1. The topological polar surface area (TPSA) is 53.0 Å². The van der Waals surface area contributed by atoms with Crippen LogP contribution in [0.2, 0.25) is 0 Å². The van der Waals surface area contributed by atoms with Gasteiger partial charge < -0.3 is 19.6 Å². The summed E-state index contributed by atoms with van der Waals surface area (Å²) in [5.41, 5.74) is 0. The molecule has 0 spiro atoms. The first kappa shape index (κ1) is 17.7. The van der Waals surface area contributed by atoms with Crippen molar-refractivity contribution in [3.05, 3.63) is 30.1 Å². The summed E-state index contributed by atoms with van der Waals surface area (Å²) < 4.78 is 18.5. The third kappa shape index (κ3) is 5.48. The first-order valence-electron chi connectivity index (χ1n) is 7.89. The van der Waals surface area contributed by atoms with Crippen molar-refractivity contribution in [2.24, 2.45) is 11.8 Å². The molecule has 2 atom stereocenters. The second-order valence-electron chi connectivity index (χ2n) is 6.46. The van der Waals surface area contributed by atoms with E-state index in [0.29, 0.717) is 24.8 Å².